The Kier molecular flexibility index (Phi) is 3.66. The van der Waals surface area contributed by atoms with Gasteiger partial charge in [-0.2, -0.15) is 5.26 Å². The van der Waals surface area contributed by atoms with E-state index in [-0.39, 0.29) is 0 Å². The maximum atomic E-state index is 12.0. The molecule has 1 aliphatic heterocycles. The lowest BCUT2D eigenvalue weighted by Gasteiger charge is -2.21. The number of hydrogen-bond acceptors (Lipinski definition) is 3. The van der Waals surface area contributed by atoms with E-state index in [1.165, 1.54) is 4.90 Å². The lowest BCUT2D eigenvalue weighted by molar-refractivity contribution is -0.141. The highest BCUT2D eigenvalue weighted by Gasteiger charge is 2.33. The highest BCUT2D eigenvalue weighted by Crippen LogP contribution is 2.19. The summed E-state index contributed by atoms with van der Waals surface area (Å²) in [4.78, 5) is 24.3. The number of nitrogens with zero attached hydrogens (tertiary/aromatic N) is 2. The van der Waals surface area contributed by atoms with Gasteiger partial charge in [0.05, 0.1) is 11.6 Å². The van der Waals surface area contributed by atoms with Gasteiger partial charge in [-0.1, -0.05) is 0 Å². The molecule has 0 unspecified atom stereocenters. The van der Waals surface area contributed by atoms with Crippen LogP contribution in [0.5, 0.6) is 0 Å². The van der Waals surface area contributed by atoms with E-state index >= 15 is 0 Å². The standard InChI is InChI=1S/C13H13N3O3/c14-8-9-3-5-10(6-4-9)15-13(19)16-7-1-2-11(16)12(17)18/h3-6,11H,1-2,7H2,(H,15,19)(H,17,18)/t11-/m1/s1. The summed E-state index contributed by atoms with van der Waals surface area (Å²) >= 11 is 0. The molecule has 1 heterocycles. The summed E-state index contributed by atoms with van der Waals surface area (Å²) in [6.07, 6.45) is 1.17. The van der Waals surface area contributed by atoms with E-state index in [1.807, 2.05) is 6.07 Å². The average Bonchev–Trinajstić information content (AvgIpc) is 2.89. The molecule has 1 fully saturated rings. The van der Waals surface area contributed by atoms with Gasteiger partial charge in [-0.3, -0.25) is 0 Å². The summed E-state index contributed by atoms with van der Waals surface area (Å²) in [6.45, 7) is 0.444. The fourth-order valence-corrected chi connectivity index (χ4v) is 2.09. The van der Waals surface area contributed by atoms with E-state index in [0.29, 0.717) is 30.6 Å². The number of carbonyl (C=O) groups excluding carboxylic acids is 1. The van der Waals surface area contributed by atoms with Gasteiger partial charge < -0.3 is 15.3 Å². The van der Waals surface area contributed by atoms with Crippen LogP contribution in [0.15, 0.2) is 24.3 Å². The molecule has 2 amide bonds. The molecular weight excluding hydrogens is 246 g/mol. The number of carboxylic acid groups (broad SMARTS) is 1. The van der Waals surface area contributed by atoms with Gasteiger partial charge in [-0.15, -0.1) is 0 Å². The largest absolute Gasteiger partial charge is 0.480 e. The number of anilines is 1. The number of carbonyl (C=O) groups is 2. The zero-order valence-electron chi connectivity index (χ0n) is 10.2. The van der Waals surface area contributed by atoms with Crippen molar-refractivity contribution >= 4 is 17.7 Å². The molecule has 2 N–H and O–H groups in total. The van der Waals surface area contributed by atoms with Crippen LogP contribution in [0.2, 0.25) is 0 Å². The predicted octanol–water partition coefficient (Wildman–Crippen LogP) is 1.64. The van der Waals surface area contributed by atoms with Crippen LogP contribution < -0.4 is 5.32 Å². The third kappa shape index (κ3) is 2.83. The van der Waals surface area contributed by atoms with E-state index in [9.17, 15) is 9.59 Å². The number of aliphatic carboxylic acids is 1. The molecule has 1 saturated heterocycles. The summed E-state index contributed by atoms with van der Waals surface area (Å²) in [5.41, 5.74) is 1.04. The summed E-state index contributed by atoms with van der Waals surface area (Å²) in [6, 6.07) is 7.22. The zero-order valence-corrected chi connectivity index (χ0v) is 10.2. The molecular formula is C13H13N3O3. The number of nitriles is 1. The fourth-order valence-electron chi connectivity index (χ4n) is 2.09. The first kappa shape index (κ1) is 12.9. The molecule has 6 nitrogen and oxygen atoms in total. The Morgan fingerprint density at radius 1 is 1.37 bits per heavy atom. The molecule has 1 atom stereocenters. The molecule has 1 aromatic rings. The van der Waals surface area contributed by atoms with Gasteiger partial charge in [0.2, 0.25) is 0 Å². The molecule has 1 aliphatic rings. The second kappa shape index (κ2) is 5.40. The van der Waals surface area contributed by atoms with Crippen molar-refractivity contribution in [2.24, 2.45) is 0 Å². The highest BCUT2D eigenvalue weighted by atomic mass is 16.4. The van der Waals surface area contributed by atoms with Crippen molar-refractivity contribution in [3.63, 3.8) is 0 Å². The summed E-state index contributed by atoms with van der Waals surface area (Å²) in [5, 5.41) is 20.3. The first-order valence-electron chi connectivity index (χ1n) is 5.92. The molecule has 0 radical (unpaired) electrons. The van der Waals surface area contributed by atoms with Crippen LogP contribution >= 0.6 is 0 Å². The fraction of sp³-hybridized carbons (Fsp3) is 0.308. The molecule has 1 aromatic carbocycles. The third-order valence-corrected chi connectivity index (χ3v) is 3.06. The van der Waals surface area contributed by atoms with Crippen LogP contribution in [0, 0.1) is 11.3 Å². The Morgan fingerprint density at radius 2 is 2.05 bits per heavy atom. The second-order valence-electron chi connectivity index (χ2n) is 4.31. The smallest absolute Gasteiger partial charge is 0.326 e. The first-order chi connectivity index (χ1) is 9.11. The van der Waals surface area contributed by atoms with Crippen molar-refractivity contribution in [1.29, 1.82) is 5.26 Å². The number of nitrogens with one attached hydrogen (secondary N) is 1. The summed E-state index contributed by atoms with van der Waals surface area (Å²) < 4.78 is 0. The number of benzene rings is 1. The van der Waals surface area contributed by atoms with E-state index in [1.54, 1.807) is 24.3 Å². The normalized spacial score (nSPS) is 17.8. The molecule has 0 bridgehead atoms. The Hall–Kier alpha value is -2.55. The number of rotatable bonds is 2. The molecule has 19 heavy (non-hydrogen) atoms. The van der Waals surface area contributed by atoms with Gasteiger partial charge >= 0.3 is 12.0 Å². The van der Waals surface area contributed by atoms with Crippen molar-refractivity contribution in [2.45, 2.75) is 18.9 Å². The van der Waals surface area contributed by atoms with Crippen molar-refractivity contribution in [3.8, 4) is 6.07 Å². The minimum absolute atomic E-state index is 0.422. The zero-order chi connectivity index (χ0) is 13.8. The molecule has 98 valence electrons. The lowest BCUT2D eigenvalue weighted by atomic mass is 10.2. The summed E-state index contributed by atoms with van der Waals surface area (Å²) in [5.74, 6) is -0.979. The van der Waals surface area contributed by atoms with Gasteiger partial charge in [-0.05, 0) is 37.1 Å². The van der Waals surface area contributed by atoms with Crippen LogP contribution in [0.4, 0.5) is 10.5 Å². The third-order valence-electron chi connectivity index (χ3n) is 3.06. The van der Waals surface area contributed by atoms with E-state index < -0.39 is 18.0 Å². The monoisotopic (exact) mass is 259 g/mol. The molecule has 0 spiro atoms. The number of urea groups is 1. The first-order valence-corrected chi connectivity index (χ1v) is 5.92. The molecule has 0 saturated carbocycles. The topological polar surface area (TPSA) is 93.4 Å². The molecule has 6 heteroatoms. The molecule has 2 rings (SSSR count). The van der Waals surface area contributed by atoms with Crippen molar-refractivity contribution < 1.29 is 14.7 Å². The Balaban J connectivity index is 2.04. The van der Waals surface area contributed by atoms with Crippen LogP contribution in [0.25, 0.3) is 0 Å². The number of carboxylic acids is 1. The minimum atomic E-state index is -0.979. The van der Waals surface area contributed by atoms with Gasteiger partial charge in [0.15, 0.2) is 0 Å². The van der Waals surface area contributed by atoms with Crippen molar-refractivity contribution in [3.05, 3.63) is 29.8 Å². The lowest BCUT2D eigenvalue weighted by Crippen LogP contribution is -2.42. The molecule has 0 aliphatic carbocycles. The quantitative estimate of drug-likeness (QED) is 0.844. The van der Waals surface area contributed by atoms with Gasteiger partial charge in [-0.25, -0.2) is 9.59 Å². The van der Waals surface area contributed by atoms with E-state index in [0.717, 1.165) is 0 Å². The number of likely N-dealkylation sites (tertiary alicyclic amines) is 1. The maximum Gasteiger partial charge on any atom is 0.326 e. The second-order valence-corrected chi connectivity index (χ2v) is 4.31. The average molecular weight is 259 g/mol. The van der Waals surface area contributed by atoms with Crippen molar-refractivity contribution in [1.82, 2.24) is 4.90 Å². The van der Waals surface area contributed by atoms with Crippen LogP contribution in [0.3, 0.4) is 0 Å². The van der Waals surface area contributed by atoms with Gasteiger partial charge in [0.25, 0.3) is 0 Å². The van der Waals surface area contributed by atoms with Crippen molar-refractivity contribution in [2.75, 3.05) is 11.9 Å². The highest BCUT2D eigenvalue weighted by molar-refractivity contribution is 5.92. The Morgan fingerprint density at radius 3 is 2.63 bits per heavy atom. The minimum Gasteiger partial charge on any atom is -0.480 e. The van der Waals surface area contributed by atoms with Gasteiger partial charge in [0, 0.05) is 12.2 Å². The van der Waals surface area contributed by atoms with Crippen LogP contribution in [0.1, 0.15) is 18.4 Å². The summed E-state index contributed by atoms with van der Waals surface area (Å²) in [7, 11) is 0. The van der Waals surface area contributed by atoms with Gasteiger partial charge in [0.1, 0.15) is 6.04 Å². The van der Waals surface area contributed by atoms with Crippen LogP contribution in [-0.2, 0) is 4.79 Å². The number of hydrogen-bond donors (Lipinski definition) is 2. The molecule has 0 aromatic heterocycles. The van der Waals surface area contributed by atoms with Crippen LogP contribution in [-0.4, -0.2) is 34.6 Å². The Labute approximate surface area is 110 Å². The Bertz CT molecular complexity index is 533. The predicted molar refractivity (Wildman–Crippen MR) is 67.5 cm³/mol. The van der Waals surface area contributed by atoms with E-state index in [2.05, 4.69) is 5.32 Å². The number of amides is 2. The van der Waals surface area contributed by atoms with E-state index in [4.69, 9.17) is 10.4 Å². The maximum absolute atomic E-state index is 12.0. The SMILES string of the molecule is N#Cc1ccc(NC(=O)N2CCC[C@@H]2C(=O)O)cc1.